The van der Waals surface area contributed by atoms with Crippen molar-refractivity contribution in [3.63, 3.8) is 0 Å². The normalized spacial score (nSPS) is 10.4. The molecule has 0 saturated carbocycles. The summed E-state index contributed by atoms with van der Waals surface area (Å²) in [7, 11) is 0. The van der Waals surface area contributed by atoms with E-state index in [1.54, 1.807) is 0 Å². The van der Waals surface area contributed by atoms with Crippen LogP contribution in [0.25, 0.3) is 11.3 Å². The van der Waals surface area contributed by atoms with Crippen molar-refractivity contribution in [2.45, 2.75) is 13.8 Å². The van der Waals surface area contributed by atoms with Gasteiger partial charge in [0.15, 0.2) is 0 Å². The van der Waals surface area contributed by atoms with Gasteiger partial charge in [-0.3, -0.25) is 5.73 Å². The number of nitrogens with one attached hydrogen (secondary N) is 1. The van der Waals surface area contributed by atoms with E-state index in [1.807, 2.05) is 5.38 Å². The largest absolute Gasteiger partial charge is 0.329 e. The second-order valence-corrected chi connectivity index (χ2v) is 4.37. The van der Waals surface area contributed by atoms with Crippen LogP contribution in [0.3, 0.4) is 0 Å². The summed E-state index contributed by atoms with van der Waals surface area (Å²) in [5, 5.41) is 2.80. The number of benzene rings is 1. The zero-order valence-electron chi connectivity index (χ0n) is 8.29. The van der Waals surface area contributed by atoms with E-state index in [0.717, 1.165) is 10.8 Å². The summed E-state index contributed by atoms with van der Waals surface area (Å²) in [5.41, 5.74) is 10.5. The van der Waals surface area contributed by atoms with Gasteiger partial charge in [0.2, 0.25) is 0 Å². The molecule has 0 spiro atoms. The van der Waals surface area contributed by atoms with Crippen molar-refractivity contribution in [2.75, 3.05) is 5.73 Å². The molecule has 0 aliphatic rings. The Kier molecular flexibility index (Phi) is 2.25. The van der Waals surface area contributed by atoms with Gasteiger partial charge in [-0.1, -0.05) is 35.1 Å². The molecule has 1 heterocycles. The van der Waals surface area contributed by atoms with Gasteiger partial charge in [-0.25, -0.2) is 4.98 Å². The van der Waals surface area contributed by atoms with Gasteiger partial charge >= 0.3 is 5.13 Å². The van der Waals surface area contributed by atoms with Gasteiger partial charge in [-0.2, -0.15) is 0 Å². The molecule has 14 heavy (non-hydrogen) atoms. The van der Waals surface area contributed by atoms with Gasteiger partial charge in [-0.05, 0) is 19.4 Å². The molecule has 0 fully saturated rings. The fourth-order valence-electron chi connectivity index (χ4n) is 1.56. The number of nitrogens with two attached hydrogens (primary N) is 1. The Balaban J connectivity index is 2.52. The minimum Gasteiger partial charge on any atom is -0.278 e. The molecular formula is C11H13N2S+. The fourth-order valence-corrected chi connectivity index (χ4v) is 2.16. The number of aryl methyl sites for hydroxylation is 2. The number of hydrogen-bond acceptors (Lipinski definition) is 2. The number of thiazole rings is 1. The van der Waals surface area contributed by atoms with E-state index in [-0.39, 0.29) is 0 Å². The number of nitrogen functional groups attached to an aromatic ring is 1. The highest BCUT2D eigenvalue weighted by Crippen LogP contribution is 2.23. The number of hydrogen-bond donors (Lipinski definition) is 1. The van der Waals surface area contributed by atoms with Crippen LogP contribution in [-0.4, -0.2) is 0 Å². The van der Waals surface area contributed by atoms with Crippen molar-refractivity contribution in [3.8, 4) is 11.3 Å². The molecule has 0 atom stereocenters. The standard InChI is InChI=1S/C11H12N2S/c1-7-3-4-9(8(2)5-7)10-6-14-11(12)13-10/h3-6H,1-2H3,(H2,12,13)/p+1. The zero-order valence-corrected chi connectivity index (χ0v) is 9.11. The zero-order chi connectivity index (χ0) is 10.1. The van der Waals surface area contributed by atoms with E-state index in [9.17, 15) is 0 Å². The summed E-state index contributed by atoms with van der Waals surface area (Å²) in [6.45, 7) is 4.21. The molecule has 3 heteroatoms. The maximum Gasteiger partial charge on any atom is 0.329 e. The first-order valence-electron chi connectivity index (χ1n) is 4.51. The van der Waals surface area contributed by atoms with Gasteiger partial charge < -0.3 is 0 Å². The SMILES string of the molecule is Cc1ccc(-c2csc(N)[nH+]2)c(C)c1. The molecule has 0 radical (unpaired) electrons. The lowest BCUT2D eigenvalue weighted by molar-refractivity contribution is -0.340. The summed E-state index contributed by atoms with van der Waals surface area (Å²) in [6, 6.07) is 6.42. The third-order valence-electron chi connectivity index (χ3n) is 2.23. The molecule has 0 amide bonds. The van der Waals surface area contributed by atoms with Crippen LogP contribution in [-0.2, 0) is 0 Å². The van der Waals surface area contributed by atoms with Crippen molar-refractivity contribution < 1.29 is 4.98 Å². The Hall–Kier alpha value is -1.35. The van der Waals surface area contributed by atoms with Crippen LogP contribution in [0.5, 0.6) is 0 Å². The number of H-pyrrole nitrogens is 1. The van der Waals surface area contributed by atoms with Crippen LogP contribution >= 0.6 is 11.3 Å². The number of rotatable bonds is 1. The van der Waals surface area contributed by atoms with Gasteiger partial charge in [0.25, 0.3) is 0 Å². The Morgan fingerprint density at radius 1 is 1.29 bits per heavy atom. The van der Waals surface area contributed by atoms with Crippen molar-refractivity contribution in [3.05, 3.63) is 34.7 Å². The summed E-state index contributed by atoms with van der Waals surface area (Å²) in [5.74, 6) is 0. The van der Waals surface area contributed by atoms with Crippen molar-refractivity contribution in [2.24, 2.45) is 0 Å². The quantitative estimate of drug-likeness (QED) is 0.763. The van der Waals surface area contributed by atoms with Gasteiger partial charge in [-0.15, -0.1) is 0 Å². The smallest absolute Gasteiger partial charge is 0.278 e. The first-order chi connectivity index (χ1) is 6.66. The second kappa shape index (κ2) is 3.42. The fraction of sp³-hybridized carbons (Fsp3) is 0.182. The summed E-state index contributed by atoms with van der Waals surface area (Å²) in [6.07, 6.45) is 0. The van der Waals surface area contributed by atoms with Crippen molar-refractivity contribution >= 4 is 16.5 Å². The topological polar surface area (TPSA) is 40.2 Å². The third-order valence-corrected chi connectivity index (χ3v) is 2.94. The van der Waals surface area contributed by atoms with Crippen molar-refractivity contribution in [1.82, 2.24) is 0 Å². The molecule has 0 bridgehead atoms. The lowest BCUT2D eigenvalue weighted by Crippen LogP contribution is -2.07. The molecule has 0 unspecified atom stereocenters. The average Bonchev–Trinajstić information content (AvgIpc) is 2.51. The Labute approximate surface area is 87.4 Å². The molecule has 1 aromatic heterocycles. The lowest BCUT2D eigenvalue weighted by Gasteiger charge is -2.01. The highest BCUT2D eigenvalue weighted by Gasteiger charge is 2.08. The third kappa shape index (κ3) is 1.63. The highest BCUT2D eigenvalue weighted by atomic mass is 32.1. The molecule has 0 saturated heterocycles. The summed E-state index contributed by atoms with van der Waals surface area (Å²) < 4.78 is 0. The van der Waals surface area contributed by atoms with Gasteiger partial charge in [0, 0.05) is 10.9 Å². The predicted molar refractivity (Wildman–Crippen MR) is 60.2 cm³/mol. The minimum absolute atomic E-state index is 0.750. The molecule has 2 nitrogen and oxygen atoms in total. The number of aromatic amines is 1. The van der Waals surface area contributed by atoms with E-state index in [1.165, 1.54) is 28.0 Å². The lowest BCUT2D eigenvalue weighted by atomic mass is 10.0. The minimum atomic E-state index is 0.750. The molecule has 0 aliphatic carbocycles. The van der Waals surface area contributed by atoms with Crippen LogP contribution in [0, 0.1) is 13.8 Å². The van der Waals surface area contributed by atoms with Gasteiger partial charge in [0.05, 0.1) is 0 Å². The van der Waals surface area contributed by atoms with Gasteiger partial charge in [0.1, 0.15) is 5.69 Å². The van der Waals surface area contributed by atoms with E-state index in [0.29, 0.717) is 0 Å². The molecule has 2 aromatic rings. The Morgan fingerprint density at radius 2 is 2.07 bits per heavy atom. The predicted octanol–water partition coefficient (Wildman–Crippen LogP) is 2.43. The first kappa shape index (κ1) is 9.21. The summed E-state index contributed by atoms with van der Waals surface area (Å²) in [4.78, 5) is 3.15. The molecule has 72 valence electrons. The Bertz CT molecular complexity index is 460. The van der Waals surface area contributed by atoms with E-state index in [4.69, 9.17) is 5.73 Å². The maximum absolute atomic E-state index is 5.66. The van der Waals surface area contributed by atoms with Crippen LogP contribution in [0.4, 0.5) is 5.13 Å². The molecule has 3 N–H and O–H groups in total. The van der Waals surface area contributed by atoms with Crippen LogP contribution < -0.4 is 10.7 Å². The first-order valence-corrected chi connectivity index (χ1v) is 5.38. The van der Waals surface area contributed by atoms with Crippen molar-refractivity contribution in [1.29, 1.82) is 0 Å². The van der Waals surface area contributed by atoms with E-state index in [2.05, 4.69) is 37.0 Å². The molecule has 2 rings (SSSR count). The van der Waals surface area contributed by atoms with E-state index < -0.39 is 0 Å². The maximum atomic E-state index is 5.66. The molecule has 1 aromatic carbocycles. The Morgan fingerprint density at radius 3 is 2.64 bits per heavy atom. The van der Waals surface area contributed by atoms with Crippen LogP contribution in [0.1, 0.15) is 11.1 Å². The molecular weight excluding hydrogens is 192 g/mol. The number of aromatic nitrogens is 1. The van der Waals surface area contributed by atoms with Crippen LogP contribution in [0.2, 0.25) is 0 Å². The van der Waals surface area contributed by atoms with Crippen LogP contribution in [0.15, 0.2) is 23.6 Å². The average molecular weight is 205 g/mol. The monoisotopic (exact) mass is 205 g/mol. The number of anilines is 1. The molecule has 0 aliphatic heterocycles. The highest BCUT2D eigenvalue weighted by molar-refractivity contribution is 7.13. The summed E-state index contributed by atoms with van der Waals surface area (Å²) >= 11 is 1.53. The van der Waals surface area contributed by atoms with E-state index >= 15 is 0 Å². The second-order valence-electron chi connectivity index (χ2n) is 3.46.